The summed E-state index contributed by atoms with van der Waals surface area (Å²) in [6, 6.07) is 2.08. The Hall–Kier alpha value is -0.790. The van der Waals surface area contributed by atoms with Gasteiger partial charge in [-0.05, 0) is 39.5 Å². The van der Waals surface area contributed by atoms with Crippen molar-refractivity contribution in [3.8, 4) is 0 Å². The third-order valence-corrected chi connectivity index (χ3v) is 3.55. The summed E-state index contributed by atoms with van der Waals surface area (Å²) in [5.41, 5.74) is 0. The van der Waals surface area contributed by atoms with Crippen LogP contribution in [-0.2, 0) is 13.1 Å². The van der Waals surface area contributed by atoms with Gasteiger partial charge < -0.3 is 5.32 Å². The molecule has 5 nitrogen and oxygen atoms in total. The lowest BCUT2D eigenvalue weighted by atomic mass is 10.4. The van der Waals surface area contributed by atoms with Gasteiger partial charge in [0.25, 0.3) is 0 Å². The smallest absolute Gasteiger partial charge is 0.165 e. The first kappa shape index (κ1) is 10.7. The van der Waals surface area contributed by atoms with Crippen LogP contribution in [0.2, 0.25) is 0 Å². The summed E-state index contributed by atoms with van der Waals surface area (Å²) < 4.78 is 2.90. The number of hydrogen-bond acceptors (Lipinski definition) is 5. The van der Waals surface area contributed by atoms with Gasteiger partial charge in [0, 0.05) is 14.7 Å². The summed E-state index contributed by atoms with van der Waals surface area (Å²) in [5.74, 6) is 0.849. The van der Waals surface area contributed by atoms with Gasteiger partial charge in [0.2, 0.25) is 0 Å². The topological polar surface area (TPSA) is 55.6 Å². The monoisotopic (exact) mass is 287 g/mol. The molecule has 7 heteroatoms. The van der Waals surface area contributed by atoms with Crippen LogP contribution in [0.15, 0.2) is 15.9 Å². The Kier molecular flexibility index (Phi) is 3.45. The van der Waals surface area contributed by atoms with Gasteiger partial charge in [0.1, 0.15) is 0 Å². The Balaban J connectivity index is 2.13. The van der Waals surface area contributed by atoms with Crippen LogP contribution in [0.5, 0.6) is 0 Å². The van der Waals surface area contributed by atoms with Gasteiger partial charge in [-0.2, -0.15) is 0 Å². The standard InChI is InChI=1S/C8H10BrN5S/c1-10-3-8-11-12-13-14(8)4-7-2-6(9)5-15-7/h2,5,10H,3-4H2,1H3. The quantitative estimate of drug-likeness (QED) is 0.920. The molecule has 0 amide bonds. The number of aromatic nitrogens is 4. The minimum absolute atomic E-state index is 0.680. The summed E-state index contributed by atoms with van der Waals surface area (Å²) >= 11 is 5.11. The molecule has 0 radical (unpaired) electrons. The van der Waals surface area contributed by atoms with E-state index in [1.54, 1.807) is 16.0 Å². The second-order valence-corrected chi connectivity index (χ2v) is 4.93. The SMILES string of the molecule is CNCc1nnnn1Cc1cc(Br)cs1. The molecule has 2 rings (SSSR count). The Bertz CT molecular complexity index is 438. The fourth-order valence-electron chi connectivity index (χ4n) is 1.22. The maximum atomic E-state index is 3.95. The fraction of sp³-hybridized carbons (Fsp3) is 0.375. The molecule has 0 spiro atoms. The predicted molar refractivity (Wildman–Crippen MR) is 61.7 cm³/mol. The van der Waals surface area contributed by atoms with Crippen molar-refractivity contribution in [2.45, 2.75) is 13.1 Å². The minimum atomic E-state index is 0.680. The normalized spacial score (nSPS) is 10.8. The van der Waals surface area contributed by atoms with Crippen molar-refractivity contribution in [2.75, 3.05) is 7.05 Å². The molecule has 0 aliphatic rings. The second kappa shape index (κ2) is 4.82. The van der Waals surface area contributed by atoms with Crippen LogP contribution in [0.25, 0.3) is 0 Å². The second-order valence-electron chi connectivity index (χ2n) is 3.01. The number of nitrogens with zero attached hydrogens (tertiary/aromatic N) is 4. The molecule has 15 heavy (non-hydrogen) atoms. The third kappa shape index (κ3) is 2.61. The number of hydrogen-bond donors (Lipinski definition) is 1. The Morgan fingerprint density at radius 1 is 1.60 bits per heavy atom. The van der Waals surface area contributed by atoms with E-state index in [-0.39, 0.29) is 0 Å². The number of tetrazole rings is 1. The summed E-state index contributed by atoms with van der Waals surface area (Å²) in [5, 5.41) is 16.6. The molecule has 0 aromatic carbocycles. The molecule has 2 heterocycles. The van der Waals surface area contributed by atoms with Crippen LogP contribution in [0.1, 0.15) is 10.7 Å². The highest BCUT2D eigenvalue weighted by molar-refractivity contribution is 9.10. The van der Waals surface area contributed by atoms with Crippen LogP contribution in [0.4, 0.5) is 0 Å². The lowest BCUT2D eigenvalue weighted by Gasteiger charge is -2.01. The molecule has 1 N–H and O–H groups in total. The molecular weight excluding hydrogens is 278 g/mol. The number of rotatable bonds is 4. The van der Waals surface area contributed by atoms with Crippen LogP contribution >= 0.6 is 27.3 Å². The van der Waals surface area contributed by atoms with Gasteiger partial charge in [0.05, 0.1) is 13.1 Å². The van der Waals surface area contributed by atoms with Crippen LogP contribution in [-0.4, -0.2) is 27.3 Å². The highest BCUT2D eigenvalue weighted by Gasteiger charge is 2.06. The zero-order chi connectivity index (χ0) is 10.7. The summed E-state index contributed by atoms with van der Waals surface area (Å²) in [4.78, 5) is 1.23. The molecule has 0 saturated carbocycles. The first-order valence-electron chi connectivity index (χ1n) is 4.42. The first-order chi connectivity index (χ1) is 7.29. The van der Waals surface area contributed by atoms with Gasteiger partial charge >= 0.3 is 0 Å². The molecular formula is C8H10BrN5S. The number of nitrogens with one attached hydrogen (secondary N) is 1. The van der Waals surface area contributed by atoms with Crippen molar-refractivity contribution in [1.82, 2.24) is 25.5 Å². The molecule has 0 unspecified atom stereocenters. The number of halogens is 1. The van der Waals surface area contributed by atoms with Gasteiger partial charge in [-0.15, -0.1) is 16.4 Å². The largest absolute Gasteiger partial charge is 0.313 e. The maximum Gasteiger partial charge on any atom is 0.165 e. The fourth-order valence-corrected chi connectivity index (χ4v) is 2.65. The van der Waals surface area contributed by atoms with Gasteiger partial charge in [-0.3, -0.25) is 0 Å². The van der Waals surface area contributed by atoms with E-state index in [1.807, 2.05) is 7.05 Å². The summed E-state index contributed by atoms with van der Waals surface area (Å²) in [6.07, 6.45) is 0. The zero-order valence-electron chi connectivity index (χ0n) is 8.14. The molecule has 0 fully saturated rings. The van der Waals surface area contributed by atoms with E-state index in [1.165, 1.54) is 4.88 Å². The van der Waals surface area contributed by atoms with Crippen molar-refractivity contribution >= 4 is 27.3 Å². The molecule has 0 aliphatic carbocycles. The highest BCUT2D eigenvalue weighted by Crippen LogP contribution is 2.20. The zero-order valence-corrected chi connectivity index (χ0v) is 10.5. The molecule has 2 aromatic rings. The van der Waals surface area contributed by atoms with E-state index in [0.717, 1.165) is 16.8 Å². The average molecular weight is 288 g/mol. The molecule has 0 atom stereocenters. The van der Waals surface area contributed by atoms with Gasteiger partial charge in [-0.25, -0.2) is 4.68 Å². The first-order valence-corrected chi connectivity index (χ1v) is 6.09. The van der Waals surface area contributed by atoms with E-state index >= 15 is 0 Å². The van der Waals surface area contributed by atoms with E-state index in [2.05, 4.69) is 48.2 Å². The predicted octanol–water partition coefficient (Wildman–Crippen LogP) is 1.26. The molecule has 0 saturated heterocycles. The number of thiophene rings is 1. The van der Waals surface area contributed by atoms with Crippen LogP contribution in [0, 0.1) is 0 Å². The van der Waals surface area contributed by atoms with E-state index < -0.39 is 0 Å². The van der Waals surface area contributed by atoms with E-state index in [9.17, 15) is 0 Å². The van der Waals surface area contributed by atoms with Crippen molar-refractivity contribution in [3.63, 3.8) is 0 Å². The lowest BCUT2D eigenvalue weighted by molar-refractivity contribution is 0.605. The van der Waals surface area contributed by atoms with Gasteiger partial charge in [0.15, 0.2) is 5.82 Å². The van der Waals surface area contributed by atoms with Crippen molar-refractivity contribution in [1.29, 1.82) is 0 Å². The van der Waals surface area contributed by atoms with Crippen molar-refractivity contribution < 1.29 is 0 Å². The van der Waals surface area contributed by atoms with Crippen LogP contribution in [0.3, 0.4) is 0 Å². The lowest BCUT2D eigenvalue weighted by Crippen LogP contribution is -2.13. The molecule has 0 bridgehead atoms. The Morgan fingerprint density at radius 3 is 3.13 bits per heavy atom. The summed E-state index contributed by atoms with van der Waals surface area (Å²) in [6.45, 7) is 1.40. The minimum Gasteiger partial charge on any atom is -0.313 e. The van der Waals surface area contributed by atoms with Gasteiger partial charge in [-0.1, -0.05) is 0 Å². The Morgan fingerprint density at radius 2 is 2.47 bits per heavy atom. The van der Waals surface area contributed by atoms with Crippen LogP contribution < -0.4 is 5.32 Å². The maximum absolute atomic E-state index is 3.95. The van der Waals surface area contributed by atoms with E-state index in [0.29, 0.717) is 6.54 Å². The molecule has 80 valence electrons. The third-order valence-electron chi connectivity index (χ3n) is 1.87. The summed E-state index contributed by atoms with van der Waals surface area (Å²) in [7, 11) is 1.88. The van der Waals surface area contributed by atoms with Crippen molar-refractivity contribution in [2.24, 2.45) is 0 Å². The highest BCUT2D eigenvalue weighted by atomic mass is 79.9. The van der Waals surface area contributed by atoms with Crippen molar-refractivity contribution in [3.05, 3.63) is 26.6 Å². The van der Waals surface area contributed by atoms with E-state index in [4.69, 9.17) is 0 Å². The average Bonchev–Trinajstić information content (AvgIpc) is 2.78. The molecule has 0 aliphatic heterocycles. The Labute approximate surface area is 99.6 Å². The molecule has 2 aromatic heterocycles.